The summed E-state index contributed by atoms with van der Waals surface area (Å²) in [7, 11) is -1.99. The number of benzene rings is 6. The summed E-state index contributed by atoms with van der Waals surface area (Å²) >= 11 is 9.16. The molecule has 0 unspecified atom stereocenters. The van der Waals surface area contributed by atoms with E-state index in [-0.39, 0.29) is 37.7 Å². The monoisotopic (exact) mass is 1020 g/mol. The first-order valence-electron chi connectivity index (χ1n) is 19.2. The highest BCUT2D eigenvalue weighted by Crippen LogP contribution is 2.39. The Kier molecular flexibility index (Phi) is 14.3. The molecule has 0 atom stereocenters. The van der Waals surface area contributed by atoms with Gasteiger partial charge in [0.2, 0.25) is 0 Å². The van der Waals surface area contributed by atoms with Crippen LogP contribution in [0.2, 0.25) is 5.02 Å². The molecule has 0 saturated heterocycles. The third-order valence-corrected chi connectivity index (χ3v) is 13.7. The standard InChI is InChI=1S/C23H18BrFN2O5S.C23H18ClFN2O5S/c2*1-30-21-12-15-19(13-22(21)31-2)26-10-9-20(15)32-14-7-8-18(17(25)11-14)27-33(28,29)23-6-4-3-5-16(23)24/h2*3-13,27H,1-2H3. The first-order chi connectivity index (χ1) is 31.6. The molecule has 2 heterocycles. The number of hydrogen-bond donors (Lipinski definition) is 2. The van der Waals surface area contributed by atoms with Crippen molar-refractivity contribution in [2.75, 3.05) is 37.9 Å². The third-order valence-electron chi connectivity index (χ3n) is 9.49. The van der Waals surface area contributed by atoms with E-state index in [2.05, 4.69) is 35.3 Å². The van der Waals surface area contributed by atoms with E-state index in [0.717, 1.165) is 12.1 Å². The molecule has 0 aliphatic heterocycles. The summed E-state index contributed by atoms with van der Waals surface area (Å²) < 4.78 is 118. The molecule has 0 saturated carbocycles. The van der Waals surface area contributed by atoms with E-state index in [0.29, 0.717) is 60.8 Å². The first kappa shape index (κ1) is 47.0. The molecule has 0 fully saturated rings. The zero-order valence-electron chi connectivity index (χ0n) is 35.0. The molecule has 0 radical (unpaired) electrons. The summed E-state index contributed by atoms with van der Waals surface area (Å²) in [5, 5.41) is 1.29. The van der Waals surface area contributed by atoms with Crippen LogP contribution in [0.15, 0.2) is 148 Å². The summed E-state index contributed by atoms with van der Waals surface area (Å²) in [6, 6.07) is 29.9. The van der Waals surface area contributed by atoms with E-state index >= 15 is 0 Å². The minimum atomic E-state index is -4.08. The molecular formula is C46H36BrClF2N4O10S2. The molecule has 6 aromatic carbocycles. The second kappa shape index (κ2) is 20.1. The Morgan fingerprint density at radius 2 is 0.924 bits per heavy atom. The molecule has 14 nitrogen and oxygen atoms in total. The van der Waals surface area contributed by atoms with E-state index in [1.807, 2.05) is 0 Å². The highest BCUT2D eigenvalue weighted by molar-refractivity contribution is 9.10. The number of rotatable bonds is 14. The van der Waals surface area contributed by atoms with Crippen molar-refractivity contribution in [3.63, 3.8) is 0 Å². The van der Waals surface area contributed by atoms with Crippen molar-refractivity contribution in [1.29, 1.82) is 0 Å². The number of halogens is 4. The van der Waals surface area contributed by atoms with Crippen molar-refractivity contribution < 1.29 is 54.0 Å². The number of ether oxygens (including phenoxy) is 6. The van der Waals surface area contributed by atoms with Gasteiger partial charge < -0.3 is 28.4 Å². The summed E-state index contributed by atoms with van der Waals surface area (Å²) in [4.78, 5) is 8.45. The largest absolute Gasteiger partial charge is 0.493 e. The Morgan fingerprint density at radius 3 is 1.35 bits per heavy atom. The molecule has 0 aliphatic carbocycles. The van der Waals surface area contributed by atoms with Gasteiger partial charge in [-0.2, -0.15) is 0 Å². The van der Waals surface area contributed by atoms with Crippen LogP contribution in [-0.4, -0.2) is 55.2 Å². The van der Waals surface area contributed by atoms with Gasteiger partial charge in [-0.1, -0.05) is 35.9 Å². The zero-order valence-corrected chi connectivity index (χ0v) is 39.0. The van der Waals surface area contributed by atoms with Crippen molar-refractivity contribution in [2.24, 2.45) is 0 Å². The zero-order chi connectivity index (χ0) is 47.2. The first-order valence-corrected chi connectivity index (χ1v) is 23.3. The van der Waals surface area contributed by atoms with Crippen LogP contribution in [0, 0.1) is 11.6 Å². The fourth-order valence-corrected chi connectivity index (χ4v) is 10.00. The van der Waals surface area contributed by atoms with Gasteiger partial charge in [-0.25, -0.2) is 25.6 Å². The quantitative estimate of drug-likeness (QED) is 0.106. The summed E-state index contributed by atoms with van der Waals surface area (Å²) in [5.41, 5.74) is 0.746. The lowest BCUT2D eigenvalue weighted by Crippen LogP contribution is -2.14. The summed E-state index contributed by atoms with van der Waals surface area (Å²) in [5.74, 6) is 1.56. The van der Waals surface area contributed by atoms with Gasteiger partial charge in [0.05, 0.1) is 55.9 Å². The van der Waals surface area contributed by atoms with Gasteiger partial charge in [0.15, 0.2) is 34.6 Å². The van der Waals surface area contributed by atoms with Crippen LogP contribution in [0.4, 0.5) is 20.2 Å². The Labute approximate surface area is 391 Å². The van der Waals surface area contributed by atoms with Gasteiger partial charge in [0, 0.05) is 51.9 Å². The molecule has 66 heavy (non-hydrogen) atoms. The van der Waals surface area contributed by atoms with Gasteiger partial charge in [-0.3, -0.25) is 19.4 Å². The minimum absolute atomic E-state index is 0.00245. The fraction of sp³-hybridized carbons (Fsp3) is 0.0870. The molecule has 2 N–H and O–H groups in total. The number of pyridine rings is 2. The van der Waals surface area contributed by atoms with Crippen molar-refractivity contribution in [3.05, 3.63) is 155 Å². The van der Waals surface area contributed by atoms with Crippen LogP contribution >= 0.6 is 27.5 Å². The number of hydrogen-bond acceptors (Lipinski definition) is 12. The van der Waals surface area contributed by atoms with Crippen molar-refractivity contribution in [1.82, 2.24) is 9.97 Å². The molecule has 8 rings (SSSR count). The maximum Gasteiger partial charge on any atom is 0.263 e. The summed E-state index contributed by atoms with van der Waals surface area (Å²) in [6.07, 6.45) is 3.10. The molecular weight excluding hydrogens is 986 g/mol. The Bertz CT molecular complexity index is 3120. The number of nitrogens with zero attached hydrogens (tertiary/aromatic N) is 2. The third kappa shape index (κ3) is 10.4. The average molecular weight is 1020 g/mol. The number of aromatic nitrogens is 2. The Hall–Kier alpha value is -6.93. The van der Waals surface area contributed by atoms with Crippen molar-refractivity contribution in [2.45, 2.75) is 9.79 Å². The van der Waals surface area contributed by atoms with Crippen LogP contribution in [0.1, 0.15) is 0 Å². The van der Waals surface area contributed by atoms with Gasteiger partial charge in [-0.05, 0) is 88.7 Å². The maximum absolute atomic E-state index is 14.8. The molecule has 0 spiro atoms. The van der Waals surface area contributed by atoms with Crippen LogP contribution in [0.3, 0.4) is 0 Å². The number of methoxy groups -OCH3 is 4. The van der Waals surface area contributed by atoms with Crippen LogP contribution in [-0.2, 0) is 20.0 Å². The number of anilines is 2. The smallest absolute Gasteiger partial charge is 0.263 e. The average Bonchev–Trinajstić information content (AvgIpc) is 3.30. The van der Waals surface area contributed by atoms with Gasteiger partial charge >= 0.3 is 0 Å². The fourth-order valence-electron chi connectivity index (χ4n) is 6.34. The van der Waals surface area contributed by atoms with Crippen LogP contribution < -0.4 is 37.9 Å². The molecule has 2 aromatic heterocycles. The van der Waals surface area contributed by atoms with E-state index < -0.39 is 31.7 Å². The Morgan fingerprint density at radius 1 is 0.515 bits per heavy atom. The lowest BCUT2D eigenvalue weighted by molar-refractivity contribution is 0.355. The van der Waals surface area contributed by atoms with Gasteiger partial charge in [0.1, 0.15) is 32.8 Å². The van der Waals surface area contributed by atoms with Gasteiger partial charge in [-0.15, -0.1) is 0 Å². The lowest BCUT2D eigenvalue weighted by atomic mass is 10.2. The molecule has 0 bridgehead atoms. The molecule has 8 aromatic rings. The molecule has 340 valence electrons. The number of sulfonamides is 2. The lowest BCUT2D eigenvalue weighted by Gasteiger charge is -2.14. The topological polar surface area (TPSA) is 174 Å². The maximum atomic E-state index is 14.8. The minimum Gasteiger partial charge on any atom is -0.493 e. The predicted octanol–water partition coefficient (Wildman–Crippen LogP) is 11.4. The Balaban J connectivity index is 0.000000196. The van der Waals surface area contributed by atoms with E-state index in [9.17, 15) is 25.6 Å². The SMILES string of the molecule is COc1cc2nccc(Oc3ccc(NS(=O)(=O)c4ccccc4Br)c(F)c3)c2cc1OC.COc1cc2nccc(Oc3ccc(NS(=O)(=O)c4ccccc4Cl)c(F)c3)c2cc1OC. The van der Waals surface area contributed by atoms with E-state index in [1.165, 1.54) is 77.0 Å². The van der Waals surface area contributed by atoms with E-state index in [1.54, 1.807) is 73.1 Å². The van der Waals surface area contributed by atoms with Crippen molar-refractivity contribution >= 4 is 80.8 Å². The number of fused-ring (bicyclic) bond motifs is 2. The normalized spacial score (nSPS) is 11.3. The molecule has 0 aliphatic rings. The van der Waals surface area contributed by atoms with Crippen LogP contribution in [0.5, 0.6) is 46.0 Å². The highest BCUT2D eigenvalue weighted by atomic mass is 79.9. The molecule has 20 heteroatoms. The van der Waals surface area contributed by atoms with E-state index in [4.69, 9.17) is 40.0 Å². The van der Waals surface area contributed by atoms with Crippen molar-refractivity contribution in [3.8, 4) is 46.0 Å². The predicted molar refractivity (Wildman–Crippen MR) is 250 cm³/mol. The highest BCUT2D eigenvalue weighted by Gasteiger charge is 2.22. The summed E-state index contributed by atoms with van der Waals surface area (Å²) in [6.45, 7) is 0. The second-order valence-corrected chi connectivity index (χ2v) is 18.2. The van der Waals surface area contributed by atoms with Gasteiger partial charge in [0.25, 0.3) is 20.0 Å². The second-order valence-electron chi connectivity index (χ2n) is 13.6. The van der Waals surface area contributed by atoms with Crippen LogP contribution in [0.25, 0.3) is 21.8 Å². The number of nitrogens with one attached hydrogen (secondary N) is 2. The molecule has 0 amide bonds.